The van der Waals surface area contributed by atoms with Crippen LogP contribution >= 0.6 is 11.6 Å². The van der Waals surface area contributed by atoms with Gasteiger partial charge in [-0.2, -0.15) is 0 Å². The highest BCUT2D eigenvalue weighted by atomic mass is 35.5. The number of benzene rings is 1. The summed E-state index contributed by atoms with van der Waals surface area (Å²) in [5, 5.41) is 3.23. The lowest BCUT2D eigenvalue weighted by Gasteiger charge is -2.12. The number of hydrogen-bond acceptors (Lipinski definition) is 4. The first-order valence-corrected chi connectivity index (χ1v) is 8.01. The smallest absolute Gasteiger partial charge is 0.250 e. The Hall–Kier alpha value is -2.47. The molecule has 0 bridgehead atoms. The lowest BCUT2D eigenvalue weighted by Crippen LogP contribution is -2.31. The molecule has 6 nitrogen and oxygen atoms in total. The summed E-state index contributed by atoms with van der Waals surface area (Å²) in [7, 11) is 0. The van der Waals surface area contributed by atoms with Crippen molar-refractivity contribution in [2.24, 2.45) is 0 Å². The number of nitrogens with zero attached hydrogens (tertiary/aromatic N) is 1. The van der Waals surface area contributed by atoms with E-state index in [4.69, 9.17) is 21.1 Å². The molecule has 2 aromatic rings. The molecule has 1 aromatic heterocycles. The van der Waals surface area contributed by atoms with Gasteiger partial charge in [-0.15, -0.1) is 0 Å². The van der Waals surface area contributed by atoms with Gasteiger partial charge in [0.15, 0.2) is 11.5 Å². The number of halogens is 1. The third-order valence-corrected chi connectivity index (χ3v) is 3.85. The van der Waals surface area contributed by atoms with Gasteiger partial charge in [-0.1, -0.05) is 17.7 Å². The molecule has 0 atom stereocenters. The molecule has 24 heavy (non-hydrogen) atoms. The third kappa shape index (κ3) is 3.89. The van der Waals surface area contributed by atoms with Crippen molar-refractivity contribution in [3.63, 3.8) is 0 Å². The molecule has 0 saturated heterocycles. The fourth-order valence-corrected chi connectivity index (χ4v) is 2.68. The number of rotatable bonds is 4. The predicted molar refractivity (Wildman–Crippen MR) is 89.6 cm³/mol. The second-order valence-electron chi connectivity index (χ2n) is 5.40. The van der Waals surface area contributed by atoms with Gasteiger partial charge in [0.2, 0.25) is 5.91 Å². The average Bonchev–Trinajstić information content (AvgIpc) is 2.81. The fourth-order valence-electron chi connectivity index (χ4n) is 2.39. The van der Waals surface area contributed by atoms with Crippen LogP contribution in [0.25, 0.3) is 0 Å². The van der Waals surface area contributed by atoms with Gasteiger partial charge in [0.25, 0.3) is 5.56 Å². The summed E-state index contributed by atoms with van der Waals surface area (Å²) in [5.41, 5.74) is 0.587. The number of fused-ring (bicyclic) bond motifs is 1. The van der Waals surface area contributed by atoms with Gasteiger partial charge in [-0.3, -0.25) is 9.59 Å². The van der Waals surface area contributed by atoms with E-state index in [2.05, 4.69) is 5.32 Å². The van der Waals surface area contributed by atoms with Crippen LogP contribution in [-0.4, -0.2) is 23.7 Å². The van der Waals surface area contributed by atoms with Gasteiger partial charge >= 0.3 is 0 Å². The molecule has 0 saturated carbocycles. The normalized spacial score (nSPS) is 13.2. The van der Waals surface area contributed by atoms with Crippen molar-refractivity contribution in [3.05, 3.63) is 57.5 Å². The number of amides is 1. The molecule has 7 heteroatoms. The fraction of sp³-hybridized carbons (Fsp3) is 0.294. The maximum Gasteiger partial charge on any atom is 0.250 e. The molecular weight excluding hydrogens is 332 g/mol. The zero-order chi connectivity index (χ0) is 16.9. The lowest BCUT2D eigenvalue weighted by atomic mass is 10.2. The van der Waals surface area contributed by atoms with Crippen molar-refractivity contribution in [3.8, 4) is 11.5 Å². The number of ether oxygens (including phenoxy) is 2. The van der Waals surface area contributed by atoms with E-state index in [9.17, 15) is 9.59 Å². The third-order valence-electron chi connectivity index (χ3n) is 3.56. The minimum Gasteiger partial charge on any atom is -0.489 e. The largest absolute Gasteiger partial charge is 0.489 e. The molecular formula is C17H17ClN2O4. The second-order valence-corrected chi connectivity index (χ2v) is 5.81. The first kappa shape index (κ1) is 16.4. The van der Waals surface area contributed by atoms with Gasteiger partial charge in [0.1, 0.15) is 6.54 Å². The molecule has 0 radical (unpaired) electrons. The van der Waals surface area contributed by atoms with Crippen LogP contribution in [0.2, 0.25) is 5.02 Å². The summed E-state index contributed by atoms with van der Waals surface area (Å²) < 4.78 is 12.5. The first-order valence-electron chi connectivity index (χ1n) is 7.63. The van der Waals surface area contributed by atoms with Gasteiger partial charge in [-0.25, -0.2) is 0 Å². The van der Waals surface area contributed by atoms with Gasteiger partial charge in [0, 0.05) is 25.2 Å². The summed E-state index contributed by atoms with van der Waals surface area (Å²) in [4.78, 5) is 23.6. The monoisotopic (exact) mass is 348 g/mol. The van der Waals surface area contributed by atoms with Crippen LogP contribution in [-0.2, 0) is 17.9 Å². The number of aromatic nitrogens is 1. The average molecular weight is 349 g/mol. The van der Waals surface area contributed by atoms with E-state index in [0.29, 0.717) is 29.7 Å². The minimum absolute atomic E-state index is 0.0298. The molecule has 0 spiro atoms. The Morgan fingerprint density at radius 1 is 1.25 bits per heavy atom. The molecule has 0 aliphatic carbocycles. The first-order chi connectivity index (χ1) is 11.6. The lowest BCUT2D eigenvalue weighted by molar-refractivity contribution is -0.121. The van der Waals surface area contributed by atoms with E-state index in [1.54, 1.807) is 24.4 Å². The zero-order valence-electron chi connectivity index (χ0n) is 13.0. The van der Waals surface area contributed by atoms with E-state index in [1.165, 1.54) is 10.6 Å². The number of pyridine rings is 1. The summed E-state index contributed by atoms with van der Waals surface area (Å²) in [6.45, 7) is 1.39. The Balaban J connectivity index is 1.65. The summed E-state index contributed by atoms with van der Waals surface area (Å²) in [6.07, 6.45) is 2.37. The highest BCUT2D eigenvalue weighted by Gasteiger charge is 2.16. The number of hydrogen-bond donors (Lipinski definition) is 1. The van der Waals surface area contributed by atoms with Crippen molar-refractivity contribution in [1.29, 1.82) is 0 Å². The molecule has 3 rings (SSSR count). The quantitative estimate of drug-likeness (QED) is 0.917. The van der Waals surface area contributed by atoms with Crippen molar-refractivity contribution < 1.29 is 14.3 Å². The molecule has 0 unspecified atom stereocenters. The summed E-state index contributed by atoms with van der Waals surface area (Å²) in [5.74, 6) is 0.871. The number of carbonyl (C=O) groups is 1. The minimum atomic E-state index is -0.258. The Labute approximate surface area is 144 Å². The van der Waals surface area contributed by atoms with Crippen molar-refractivity contribution >= 4 is 17.5 Å². The molecule has 1 amide bonds. The van der Waals surface area contributed by atoms with Crippen LogP contribution < -0.4 is 20.3 Å². The maximum atomic E-state index is 12.0. The molecule has 1 aromatic carbocycles. The molecule has 126 valence electrons. The maximum absolute atomic E-state index is 12.0. The Morgan fingerprint density at radius 3 is 2.92 bits per heavy atom. The Morgan fingerprint density at radius 2 is 2.08 bits per heavy atom. The van der Waals surface area contributed by atoms with Gasteiger partial charge in [0.05, 0.1) is 18.2 Å². The Bertz CT molecular complexity index is 803. The van der Waals surface area contributed by atoms with E-state index >= 15 is 0 Å². The standard InChI is InChI=1S/C17H17ClN2O4/c18-13-8-12(9-14-17(13)24-7-3-6-23-14)10-19-15(21)11-20-5-2-1-4-16(20)22/h1-2,4-5,8-9H,3,6-7,10-11H2,(H,19,21). The zero-order valence-corrected chi connectivity index (χ0v) is 13.7. The van der Waals surface area contributed by atoms with Crippen LogP contribution in [0.4, 0.5) is 0 Å². The molecule has 2 heterocycles. The van der Waals surface area contributed by atoms with Crippen molar-refractivity contribution in [1.82, 2.24) is 9.88 Å². The SMILES string of the molecule is O=C(Cn1ccccc1=O)NCc1cc(Cl)c2c(c1)OCCCO2. The number of nitrogens with one attached hydrogen (secondary N) is 1. The van der Waals surface area contributed by atoms with E-state index in [1.807, 2.05) is 6.07 Å². The van der Waals surface area contributed by atoms with Gasteiger partial charge in [-0.05, 0) is 23.8 Å². The van der Waals surface area contributed by atoms with Crippen molar-refractivity contribution in [2.45, 2.75) is 19.5 Å². The summed E-state index contributed by atoms with van der Waals surface area (Å²) in [6, 6.07) is 8.30. The van der Waals surface area contributed by atoms with E-state index in [0.717, 1.165) is 12.0 Å². The predicted octanol–water partition coefficient (Wildman–Crippen LogP) is 1.98. The summed E-state index contributed by atoms with van der Waals surface area (Å²) >= 11 is 6.22. The second kappa shape index (κ2) is 7.40. The molecule has 1 aliphatic rings. The van der Waals surface area contributed by atoms with Crippen LogP contribution in [0.15, 0.2) is 41.3 Å². The van der Waals surface area contributed by atoms with E-state index < -0.39 is 0 Å². The van der Waals surface area contributed by atoms with Gasteiger partial charge < -0.3 is 19.4 Å². The Kier molecular flexibility index (Phi) is 5.05. The topological polar surface area (TPSA) is 69.6 Å². The van der Waals surface area contributed by atoms with Crippen LogP contribution in [0.5, 0.6) is 11.5 Å². The highest BCUT2D eigenvalue weighted by molar-refractivity contribution is 6.32. The molecule has 1 aliphatic heterocycles. The highest BCUT2D eigenvalue weighted by Crippen LogP contribution is 2.37. The van der Waals surface area contributed by atoms with Crippen LogP contribution in [0.1, 0.15) is 12.0 Å². The van der Waals surface area contributed by atoms with E-state index in [-0.39, 0.29) is 24.6 Å². The molecule has 1 N–H and O–H groups in total. The van der Waals surface area contributed by atoms with Crippen LogP contribution in [0.3, 0.4) is 0 Å². The number of carbonyl (C=O) groups excluding carboxylic acids is 1. The van der Waals surface area contributed by atoms with Crippen LogP contribution in [0, 0.1) is 0 Å². The molecule has 0 fully saturated rings. The van der Waals surface area contributed by atoms with Crippen molar-refractivity contribution in [2.75, 3.05) is 13.2 Å².